The summed E-state index contributed by atoms with van der Waals surface area (Å²) in [6.45, 7) is 6.33. The third-order valence-corrected chi connectivity index (χ3v) is 9.56. The summed E-state index contributed by atoms with van der Waals surface area (Å²) in [5, 5.41) is 8.90. The first-order chi connectivity index (χ1) is 22.8. The Hall–Kier alpha value is -4.10. The van der Waals surface area contributed by atoms with Crippen LogP contribution in [0.3, 0.4) is 0 Å². The second-order valence-corrected chi connectivity index (χ2v) is 12.4. The Kier molecular flexibility index (Phi) is 10.0. The van der Waals surface area contributed by atoms with Gasteiger partial charge >= 0.3 is 6.18 Å². The lowest BCUT2D eigenvalue weighted by molar-refractivity contribution is -0.137. The van der Waals surface area contributed by atoms with Gasteiger partial charge in [-0.1, -0.05) is 12.1 Å². The molecule has 2 aromatic carbocycles. The van der Waals surface area contributed by atoms with Crippen molar-refractivity contribution in [1.29, 1.82) is 0 Å². The highest BCUT2D eigenvalue weighted by molar-refractivity contribution is 5.69. The third kappa shape index (κ3) is 7.73. The summed E-state index contributed by atoms with van der Waals surface area (Å²) < 4.78 is 47.5. The molecule has 3 heterocycles. The largest absolute Gasteiger partial charge is 0.494 e. The molecule has 3 fully saturated rings. The minimum absolute atomic E-state index is 0.00927. The van der Waals surface area contributed by atoms with Crippen LogP contribution in [0.1, 0.15) is 42.4 Å². The van der Waals surface area contributed by atoms with E-state index in [2.05, 4.69) is 40.6 Å². The normalized spacial score (nSPS) is 18.2. The topological polar surface area (TPSA) is 97.9 Å². The van der Waals surface area contributed by atoms with Gasteiger partial charge in [-0.15, -0.1) is 0 Å². The van der Waals surface area contributed by atoms with Crippen molar-refractivity contribution >= 4 is 35.1 Å². The Morgan fingerprint density at radius 3 is 2.34 bits per heavy atom. The average molecular weight is 653 g/mol. The van der Waals surface area contributed by atoms with E-state index in [0.717, 1.165) is 56.1 Å². The molecule has 0 spiro atoms. The summed E-state index contributed by atoms with van der Waals surface area (Å²) in [4.78, 5) is 27.1. The molecule has 47 heavy (non-hydrogen) atoms. The molecule has 3 aliphatic rings. The lowest BCUT2D eigenvalue weighted by Crippen LogP contribution is -2.53. The lowest BCUT2D eigenvalue weighted by atomic mass is 10.0. The summed E-state index contributed by atoms with van der Waals surface area (Å²) in [6, 6.07) is 12.6. The van der Waals surface area contributed by atoms with Crippen molar-refractivity contribution in [3.63, 3.8) is 0 Å². The predicted octanol–water partition coefficient (Wildman–Crippen LogP) is 5.39. The van der Waals surface area contributed by atoms with Gasteiger partial charge < -0.3 is 35.3 Å². The fourth-order valence-electron chi connectivity index (χ4n) is 6.82. The van der Waals surface area contributed by atoms with Gasteiger partial charge in [0.1, 0.15) is 23.4 Å². The number of piperidine rings is 1. The number of aromatic nitrogens is 2. The molecule has 0 atom stereocenters. The number of hydrogen-bond donors (Lipinski definition) is 3. The molecule has 1 saturated carbocycles. The fourth-order valence-corrected chi connectivity index (χ4v) is 6.82. The summed E-state index contributed by atoms with van der Waals surface area (Å²) in [5.41, 5.74) is 2.71. The molecule has 2 saturated heterocycles. The van der Waals surface area contributed by atoms with Gasteiger partial charge in [0.2, 0.25) is 5.95 Å². The van der Waals surface area contributed by atoms with Gasteiger partial charge in [0.05, 0.1) is 12.8 Å². The number of anilines is 5. The van der Waals surface area contributed by atoms with E-state index >= 15 is 0 Å². The molecule has 2 aliphatic heterocycles. The molecule has 1 aliphatic carbocycles. The van der Waals surface area contributed by atoms with Crippen LogP contribution in [-0.4, -0.2) is 91.6 Å². The number of nitrogens with zero attached hydrogens (tertiary/aromatic N) is 5. The highest BCUT2D eigenvalue weighted by Crippen LogP contribution is 2.37. The number of halogens is 3. The van der Waals surface area contributed by atoms with Gasteiger partial charge in [-0.25, -0.2) is 4.98 Å². The molecule has 0 bridgehead atoms. The van der Waals surface area contributed by atoms with E-state index < -0.39 is 11.7 Å². The summed E-state index contributed by atoms with van der Waals surface area (Å²) in [6.07, 6.45) is 2.23. The molecule has 1 aromatic heterocycles. The van der Waals surface area contributed by atoms with E-state index in [1.165, 1.54) is 38.8 Å². The number of nitrogens with one attached hydrogen (secondary N) is 3. The lowest BCUT2D eigenvalue weighted by Gasteiger charge is -2.43. The van der Waals surface area contributed by atoms with Gasteiger partial charge in [-0.2, -0.15) is 18.2 Å². The zero-order valence-electron chi connectivity index (χ0n) is 26.9. The van der Waals surface area contributed by atoms with Crippen LogP contribution in [0.2, 0.25) is 0 Å². The van der Waals surface area contributed by atoms with Crippen LogP contribution in [0.5, 0.6) is 5.75 Å². The van der Waals surface area contributed by atoms with Gasteiger partial charge in [0.25, 0.3) is 0 Å². The highest BCUT2D eigenvalue weighted by Gasteiger charge is 2.36. The van der Waals surface area contributed by atoms with Crippen molar-refractivity contribution < 1.29 is 22.7 Å². The van der Waals surface area contributed by atoms with Crippen molar-refractivity contribution in [1.82, 2.24) is 19.8 Å². The predicted molar refractivity (Wildman–Crippen MR) is 178 cm³/mol. The van der Waals surface area contributed by atoms with Crippen LogP contribution in [0.4, 0.5) is 42.0 Å². The number of benzene rings is 2. The third-order valence-electron chi connectivity index (χ3n) is 9.56. The minimum atomic E-state index is -4.67. The summed E-state index contributed by atoms with van der Waals surface area (Å²) >= 11 is 0. The number of ether oxygens (including phenoxy) is 1. The maximum atomic E-state index is 13.9. The number of carbonyl (C=O) groups is 1. The molecule has 252 valence electrons. The smallest absolute Gasteiger partial charge is 0.421 e. The Labute approximate surface area is 273 Å². The number of alkyl halides is 3. The molecule has 13 heteroatoms. The Bertz CT molecular complexity index is 1530. The average Bonchev–Trinajstić information content (AvgIpc) is 3.94. The Morgan fingerprint density at radius 1 is 0.957 bits per heavy atom. The van der Waals surface area contributed by atoms with Crippen LogP contribution < -0.4 is 25.6 Å². The molecule has 0 amide bonds. The first-order valence-corrected chi connectivity index (χ1v) is 16.4. The van der Waals surface area contributed by atoms with Crippen molar-refractivity contribution in [2.24, 2.45) is 0 Å². The molecule has 0 unspecified atom stereocenters. The van der Waals surface area contributed by atoms with Gasteiger partial charge in [-0.05, 0) is 68.1 Å². The second-order valence-electron chi connectivity index (χ2n) is 12.4. The number of carbonyl (C=O) groups excluding carboxylic acids is 1. The fraction of sp³-hybridized carbons (Fsp3) is 0.500. The zero-order chi connectivity index (χ0) is 33.0. The first kappa shape index (κ1) is 32.8. The number of piperazine rings is 1. The van der Waals surface area contributed by atoms with Crippen molar-refractivity contribution in [3.05, 3.63) is 59.3 Å². The number of hydrogen-bond acceptors (Lipinski definition) is 10. The molecular weight excluding hydrogens is 609 g/mol. The summed E-state index contributed by atoms with van der Waals surface area (Å²) in [7, 11) is 3.29. The number of likely N-dealkylation sites (tertiary alicyclic amines) is 1. The van der Waals surface area contributed by atoms with Gasteiger partial charge in [0.15, 0.2) is 0 Å². The molecule has 3 N–H and O–H groups in total. The van der Waals surface area contributed by atoms with E-state index in [4.69, 9.17) is 4.74 Å². The van der Waals surface area contributed by atoms with Crippen molar-refractivity contribution in [2.45, 2.75) is 56.9 Å². The van der Waals surface area contributed by atoms with Crippen molar-refractivity contribution in [3.8, 4) is 5.75 Å². The molecule has 0 radical (unpaired) electrons. The molecule has 3 aromatic rings. The van der Waals surface area contributed by atoms with Gasteiger partial charge in [-0.3, -0.25) is 4.90 Å². The summed E-state index contributed by atoms with van der Waals surface area (Å²) in [5.74, 6) is 0.163. The van der Waals surface area contributed by atoms with E-state index in [-0.39, 0.29) is 24.7 Å². The van der Waals surface area contributed by atoms with E-state index in [1.54, 1.807) is 26.3 Å². The van der Waals surface area contributed by atoms with E-state index in [1.807, 2.05) is 24.3 Å². The van der Waals surface area contributed by atoms with Crippen molar-refractivity contribution in [2.75, 3.05) is 74.3 Å². The van der Waals surface area contributed by atoms with Crippen LogP contribution in [0, 0.1) is 0 Å². The van der Waals surface area contributed by atoms with Crippen LogP contribution in [-0.2, 0) is 23.9 Å². The standard InChI is InChI=1S/C34H43F3N8O2/c1-38-29-5-3-4-23(27(29)12-19-46)21-39-32-28(34(35,36)37)22-40-33(42-32)41-30-9-8-26(20-31(30)47-2)45-17-15-44(16-18-45)25-10-13-43(14-11-25)24-6-7-24/h3-5,8-9,19-20,22,24-25,38H,6-7,10-18,21H2,1-2H3,(H2,39,40,41,42). The SMILES string of the molecule is CNc1cccc(CNc2nc(Nc3ccc(N4CCN(C5CCN(C6CC6)CC5)CC4)cc3OC)ncc2C(F)(F)F)c1CC=O. The maximum absolute atomic E-state index is 13.9. The number of methoxy groups -OCH3 is 1. The molecule has 6 rings (SSSR count). The quantitative estimate of drug-likeness (QED) is 0.221. The van der Waals surface area contributed by atoms with E-state index in [9.17, 15) is 18.0 Å². The molecule has 10 nitrogen and oxygen atoms in total. The van der Waals surface area contributed by atoms with Gasteiger partial charge in [0, 0.05) is 81.9 Å². The Morgan fingerprint density at radius 2 is 1.68 bits per heavy atom. The first-order valence-electron chi connectivity index (χ1n) is 16.4. The minimum Gasteiger partial charge on any atom is -0.494 e. The second kappa shape index (κ2) is 14.3. The number of aldehydes is 1. The number of rotatable bonds is 12. The zero-order valence-corrected chi connectivity index (χ0v) is 26.9. The van der Waals surface area contributed by atoms with Crippen LogP contribution >= 0.6 is 0 Å². The van der Waals surface area contributed by atoms with Crippen LogP contribution in [0.15, 0.2) is 42.6 Å². The maximum Gasteiger partial charge on any atom is 0.421 e. The van der Waals surface area contributed by atoms with E-state index in [0.29, 0.717) is 28.6 Å². The molecular formula is C34H43F3N8O2. The van der Waals surface area contributed by atoms with Crippen LogP contribution in [0.25, 0.3) is 0 Å². The highest BCUT2D eigenvalue weighted by atomic mass is 19.4. The Balaban J connectivity index is 1.12. The monoisotopic (exact) mass is 652 g/mol.